The van der Waals surface area contributed by atoms with Crippen molar-refractivity contribution in [3.63, 3.8) is 0 Å². The molecular formula is C14H27N7O5. The zero-order chi connectivity index (χ0) is 19.9. The van der Waals surface area contributed by atoms with E-state index in [0.29, 0.717) is 25.8 Å². The van der Waals surface area contributed by atoms with Crippen molar-refractivity contribution in [2.24, 2.45) is 17.2 Å². The van der Waals surface area contributed by atoms with Gasteiger partial charge in [-0.15, -0.1) is 0 Å². The Morgan fingerprint density at radius 3 is 1.69 bits per heavy atom. The Balaban J connectivity index is 4.05. The number of nitrogens with two attached hydrogens (primary N) is 3. The summed E-state index contributed by atoms with van der Waals surface area (Å²) in [6, 6.07) is -0.836. The standard InChI is InChI=1S/C14H27N7O5/c15-4-2-1-3-9(14(17)26)21-13(25)8-20-12(24)7-19-11(23)6-18-10(22)5-16/h9H,1-8,15-16H2,(H2,17,26)(H,18,22)(H,19,23)(H,20,24)(H,21,25)/t9-/m0/s1. The van der Waals surface area contributed by atoms with Gasteiger partial charge in [0.05, 0.1) is 26.2 Å². The van der Waals surface area contributed by atoms with Crippen LogP contribution in [0, 0.1) is 0 Å². The molecule has 0 fully saturated rings. The molecule has 5 amide bonds. The second-order valence-corrected chi connectivity index (χ2v) is 5.34. The van der Waals surface area contributed by atoms with Crippen molar-refractivity contribution >= 4 is 29.5 Å². The van der Waals surface area contributed by atoms with Crippen molar-refractivity contribution in [1.29, 1.82) is 0 Å². The van der Waals surface area contributed by atoms with E-state index in [-0.39, 0.29) is 26.2 Å². The monoisotopic (exact) mass is 373 g/mol. The SMILES string of the molecule is NCCCC[C@H](NC(=O)CNC(=O)CNC(=O)CNC(=O)CN)C(N)=O. The molecule has 0 aromatic heterocycles. The third kappa shape index (κ3) is 11.8. The van der Waals surface area contributed by atoms with E-state index in [4.69, 9.17) is 17.2 Å². The Morgan fingerprint density at radius 2 is 1.23 bits per heavy atom. The van der Waals surface area contributed by atoms with E-state index in [1.165, 1.54) is 0 Å². The number of carbonyl (C=O) groups excluding carboxylic acids is 5. The highest BCUT2D eigenvalue weighted by Gasteiger charge is 2.17. The second kappa shape index (κ2) is 13.5. The first-order chi connectivity index (χ1) is 12.3. The molecule has 148 valence electrons. The maximum absolute atomic E-state index is 11.7. The molecule has 0 saturated heterocycles. The van der Waals surface area contributed by atoms with Crippen molar-refractivity contribution in [3.05, 3.63) is 0 Å². The summed E-state index contributed by atoms with van der Waals surface area (Å²) < 4.78 is 0. The van der Waals surface area contributed by atoms with Gasteiger partial charge in [0.2, 0.25) is 29.5 Å². The molecule has 1 atom stereocenters. The molecule has 10 N–H and O–H groups in total. The first-order valence-corrected chi connectivity index (χ1v) is 8.09. The van der Waals surface area contributed by atoms with Gasteiger partial charge in [0.25, 0.3) is 0 Å². The highest BCUT2D eigenvalue weighted by Crippen LogP contribution is 1.99. The van der Waals surface area contributed by atoms with E-state index in [9.17, 15) is 24.0 Å². The van der Waals surface area contributed by atoms with E-state index in [1.807, 2.05) is 0 Å². The average molecular weight is 373 g/mol. The third-order valence-electron chi connectivity index (χ3n) is 3.15. The van der Waals surface area contributed by atoms with Crippen LogP contribution in [0.4, 0.5) is 0 Å². The summed E-state index contributed by atoms with van der Waals surface area (Å²) in [5.74, 6) is -2.96. The van der Waals surface area contributed by atoms with Gasteiger partial charge in [0, 0.05) is 0 Å². The van der Waals surface area contributed by atoms with Crippen molar-refractivity contribution < 1.29 is 24.0 Å². The van der Waals surface area contributed by atoms with Crippen LogP contribution in [0.1, 0.15) is 19.3 Å². The quantitative estimate of drug-likeness (QED) is 0.157. The van der Waals surface area contributed by atoms with Gasteiger partial charge < -0.3 is 38.5 Å². The first-order valence-electron chi connectivity index (χ1n) is 8.09. The Morgan fingerprint density at radius 1 is 0.731 bits per heavy atom. The predicted molar refractivity (Wildman–Crippen MR) is 92.1 cm³/mol. The molecule has 0 saturated carbocycles. The molecule has 0 aliphatic carbocycles. The van der Waals surface area contributed by atoms with Crippen LogP contribution in [0.15, 0.2) is 0 Å². The summed E-state index contributed by atoms with van der Waals surface area (Å²) in [5.41, 5.74) is 15.6. The molecule has 0 unspecified atom stereocenters. The van der Waals surface area contributed by atoms with Gasteiger partial charge in [0.15, 0.2) is 0 Å². The Labute approximate surface area is 151 Å². The Kier molecular flexibility index (Phi) is 12.1. The number of carbonyl (C=O) groups is 5. The van der Waals surface area contributed by atoms with Gasteiger partial charge in [-0.1, -0.05) is 0 Å². The number of unbranched alkanes of at least 4 members (excludes halogenated alkanes) is 1. The number of hydrogen-bond acceptors (Lipinski definition) is 7. The molecule has 0 rings (SSSR count). The first kappa shape index (κ1) is 23.3. The van der Waals surface area contributed by atoms with E-state index >= 15 is 0 Å². The molecule has 0 aliphatic heterocycles. The van der Waals surface area contributed by atoms with Crippen molar-refractivity contribution in [1.82, 2.24) is 21.3 Å². The molecule has 26 heavy (non-hydrogen) atoms. The molecule has 0 heterocycles. The fourth-order valence-electron chi connectivity index (χ4n) is 1.76. The molecule has 0 aromatic carbocycles. The lowest BCUT2D eigenvalue weighted by molar-refractivity contribution is -0.129. The summed E-state index contributed by atoms with van der Waals surface area (Å²) >= 11 is 0. The molecule has 0 radical (unpaired) electrons. The predicted octanol–water partition coefficient (Wildman–Crippen LogP) is -4.61. The van der Waals surface area contributed by atoms with Crippen LogP contribution in [-0.2, 0) is 24.0 Å². The van der Waals surface area contributed by atoms with Crippen LogP contribution in [0.3, 0.4) is 0 Å². The minimum Gasteiger partial charge on any atom is -0.368 e. The largest absolute Gasteiger partial charge is 0.368 e. The number of rotatable bonds is 13. The zero-order valence-corrected chi connectivity index (χ0v) is 14.5. The van der Waals surface area contributed by atoms with Crippen molar-refractivity contribution in [2.75, 3.05) is 32.7 Å². The lowest BCUT2D eigenvalue weighted by atomic mass is 10.1. The third-order valence-corrected chi connectivity index (χ3v) is 3.15. The summed E-state index contributed by atoms with van der Waals surface area (Å²) in [7, 11) is 0. The average Bonchev–Trinajstić information content (AvgIpc) is 2.61. The van der Waals surface area contributed by atoms with Gasteiger partial charge in [0.1, 0.15) is 6.04 Å². The second-order valence-electron chi connectivity index (χ2n) is 5.34. The van der Waals surface area contributed by atoms with Crippen LogP contribution < -0.4 is 38.5 Å². The van der Waals surface area contributed by atoms with E-state index < -0.39 is 35.6 Å². The fourth-order valence-corrected chi connectivity index (χ4v) is 1.76. The summed E-state index contributed by atoms with van der Waals surface area (Å²) in [5, 5.41) is 9.19. The van der Waals surface area contributed by atoms with E-state index in [1.54, 1.807) is 0 Å². The number of nitrogens with one attached hydrogen (secondary N) is 4. The van der Waals surface area contributed by atoms with Crippen LogP contribution >= 0.6 is 0 Å². The summed E-state index contributed by atoms with van der Waals surface area (Å²) in [6.07, 6.45) is 1.68. The number of amides is 5. The van der Waals surface area contributed by atoms with Gasteiger partial charge >= 0.3 is 0 Å². The maximum Gasteiger partial charge on any atom is 0.240 e. The fraction of sp³-hybridized carbons (Fsp3) is 0.643. The minimum absolute atomic E-state index is 0.249. The molecule has 0 spiro atoms. The zero-order valence-electron chi connectivity index (χ0n) is 14.5. The molecular weight excluding hydrogens is 346 g/mol. The summed E-state index contributed by atoms with van der Waals surface area (Å²) in [6.45, 7) is -0.842. The number of primary amides is 1. The molecule has 0 aliphatic rings. The topological polar surface area (TPSA) is 212 Å². The lowest BCUT2D eigenvalue weighted by Crippen LogP contribution is -2.49. The molecule has 0 aromatic rings. The lowest BCUT2D eigenvalue weighted by Gasteiger charge is -2.15. The Hall–Kier alpha value is -2.73. The maximum atomic E-state index is 11.7. The smallest absolute Gasteiger partial charge is 0.240 e. The van der Waals surface area contributed by atoms with Gasteiger partial charge in [-0.25, -0.2) is 0 Å². The van der Waals surface area contributed by atoms with Gasteiger partial charge in [-0.2, -0.15) is 0 Å². The van der Waals surface area contributed by atoms with Gasteiger partial charge in [-0.05, 0) is 25.8 Å². The van der Waals surface area contributed by atoms with Crippen LogP contribution in [0.5, 0.6) is 0 Å². The van der Waals surface area contributed by atoms with Crippen molar-refractivity contribution in [3.8, 4) is 0 Å². The highest BCUT2D eigenvalue weighted by atomic mass is 16.2. The van der Waals surface area contributed by atoms with E-state index in [2.05, 4.69) is 21.3 Å². The van der Waals surface area contributed by atoms with E-state index in [0.717, 1.165) is 0 Å². The number of hydrogen-bond donors (Lipinski definition) is 7. The van der Waals surface area contributed by atoms with Gasteiger partial charge in [-0.3, -0.25) is 24.0 Å². The van der Waals surface area contributed by atoms with Crippen molar-refractivity contribution in [2.45, 2.75) is 25.3 Å². The Bertz CT molecular complexity index is 512. The van der Waals surface area contributed by atoms with Crippen LogP contribution in [0.2, 0.25) is 0 Å². The summed E-state index contributed by atoms with van der Waals surface area (Å²) in [4.78, 5) is 56.8. The normalized spacial score (nSPS) is 11.2. The molecule has 12 nitrogen and oxygen atoms in total. The molecule has 12 heteroatoms. The minimum atomic E-state index is -0.836. The van der Waals surface area contributed by atoms with Crippen LogP contribution in [-0.4, -0.2) is 68.3 Å². The molecule has 0 bridgehead atoms. The highest BCUT2D eigenvalue weighted by molar-refractivity contribution is 5.91. The van der Waals surface area contributed by atoms with Crippen LogP contribution in [0.25, 0.3) is 0 Å².